The topological polar surface area (TPSA) is 122 Å². The van der Waals surface area contributed by atoms with Crippen LogP contribution in [0, 0.1) is 6.92 Å². The van der Waals surface area contributed by atoms with E-state index < -0.39 is 17.7 Å². The fourth-order valence-electron chi connectivity index (χ4n) is 4.34. The molecule has 2 amide bonds. The van der Waals surface area contributed by atoms with E-state index in [1.54, 1.807) is 39.1 Å². The van der Waals surface area contributed by atoms with Gasteiger partial charge in [0, 0.05) is 23.7 Å². The van der Waals surface area contributed by atoms with Crippen molar-refractivity contribution in [3.63, 3.8) is 0 Å². The lowest BCUT2D eigenvalue weighted by Crippen LogP contribution is -2.32. The van der Waals surface area contributed by atoms with Crippen molar-refractivity contribution >= 4 is 28.9 Å². The number of alkyl carbamates (subject to hydrolysis) is 1. The molecule has 2 aromatic carbocycles. The summed E-state index contributed by atoms with van der Waals surface area (Å²) in [6, 6.07) is 16.4. The molecule has 4 aromatic rings. The number of aryl methyl sites for hydroxylation is 1. The lowest BCUT2D eigenvalue weighted by Gasteiger charge is -2.20. The third-order valence-electron chi connectivity index (χ3n) is 6.32. The van der Waals surface area contributed by atoms with Crippen LogP contribution in [-0.2, 0) is 16.0 Å². The molecule has 0 saturated heterocycles. The van der Waals surface area contributed by atoms with Gasteiger partial charge in [0.25, 0.3) is 5.91 Å². The standard InChI is InChI=1S/C31H34N4O5/c1-18-11-12-20(16-33-30(38)40-31(3,4)5)13-23(18)28(36)34-19(2)24-15-27(35-25-10-8-7-9-22(24)25)26-14-21(17-32-26)29(37)39-6/h7-15,17,19,32H,16H2,1-6H3,(H,33,38)(H,34,36)/t19-/m1/s1. The first-order valence-electron chi connectivity index (χ1n) is 13.0. The predicted octanol–water partition coefficient (Wildman–Crippen LogP) is 5.84. The lowest BCUT2D eigenvalue weighted by atomic mass is 9.99. The first-order valence-corrected chi connectivity index (χ1v) is 13.0. The zero-order valence-electron chi connectivity index (χ0n) is 23.5. The van der Waals surface area contributed by atoms with E-state index in [1.807, 2.05) is 56.3 Å². The summed E-state index contributed by atoms with van der Waals surface area (Å²) < 4.78 is 10.1. The van der Waals surface area contributed by atoms with Crippen LogP contribution in [0.15, 0.2) is 60.8 Å². The molecule has 2 heterocycles. The molecule has 4 rings (SSSR count). The van der Waals surface area contributed by atoms with E-state index in [2.05, 4.69) is 15.6 Å². The largest absolute Gasteiger partial charge is 0.465 e. The Morgan fingerprint density at radius 3 is 2.52 bits per heavy atom. The van der Waals surface area contributed by atoms with Gasteiger partial charge in [-0.25, -0.2) is 14.6 Å². The third kappa shape index (κ3) is 6.66. The molecule has 0 fully saturated rings. The van der Waals surface area contributed by atoms with Gasteiger partial charge in [-0.05, 0) is 75.6 Å². The summed E-state index contributed by atoms with van der Waals surface area (Å²) >= 11 is 0. The first kappa shape index (κ1) is 28.4. The van der Waals surface area contributed by atoms with Crippen molar-refractivity contribution in [1.82, 2.24) is 20.6 Å². The number of aromatic nitrogens is 2. The van der Waals surface area contributed by atoms with Gasteiger partial charge >= 0.3 is 12.1 Å². The molecule has 0 aliphatic heterocycles. The molecule has 208 valence electrons. The molecule has 0 radical (unpaired) electrons. The Morgan fingerprint density at radius 2 is 1.80 bits per heavy atom. The van der Waals surface area contributed by atoms with Gasteiger partial charge in [0.1, 0.15) is 5.60 Å². The normalized spacial score (nSPS) is 12.1. The smallest absolute Gasteiger partial charge is 0.407 e. The van der Waals surface area contributed by atoms with Gasteiger partial charge in [-0.15, -0.1) is 0 Å². The number of para-hydroxylation sites is 1. The second kappa shape index (κ2) is 11.6. The van der Waals surface area contributed by atoms with E-state index in [0.717, 1.165) is 27.6 Å². The van der Waals surface area contributed by atoms with Crippen LogP contribution < -0.4 is 10.6 Å². The fourth-order valence-corrected chi connectivity index (χ4v) is 4.34. The van der Waals surface area contributed by atoms with Crippen molar-refractivity contribution in [1.29, 1.82) is 0 Å². The van der Waals surface area contributed by atoms with E-state index in [-0.39, 0.29) is 18.5 Å². The highest BCUT2D eigenvalue weighted by Gasteiger charge is 2.20. The second-order valence-electron chi connectivity index (χ2n) is 10.6. The van der Waals surface area contributed by atoms with Crippen LogP contribution in [-0.4, -0.2) is 40.6 Å². The highest BCUT2D eigenvalue weighted by Crippen LogP contribution is 2.29. The number of carbonyl (C=O) groups excluding carboxylic acids is 3. The van der Waals surface area contributed by atoms with E-state index in [1.165, 1.54) is 7.11 Å². The molecule has 40 heavy (non-hydrogen) atoms. The maximum atomic E-state index is 13.4. The second-order valence-corrected chi connectivity index (χ2v) is 10.6. The van der Waals surface area contributed by atoms with E-state index in [9.17, 15) is 14.4 Å². The van der Waals surface area contributed by atoms with Crippen molar-refractivity contribution in [2.24, 2.45) is 0 Å². The van der Waals surface area contributed by atoms with Crippen LogP contribution in [0.3, 0.4) is 0 Å². The van der Waals surface area contributed by atoms with Gasteiger partial charge in [-0.2, -0.15) is 0 Å². The van der Waals surface area contributed by atoms with Gasteiger partial charge < -0.3 is 25.1 Å². The van der Waals surface area contributed by atoms with Crippen molar-refractivity contribution < 1.29 is 23.9 Å². The number of hydrogen-bond donors (Lipinski definition) is 3. The molecule has 0 bridgehead atoms. The highest BCUT2D eigenvalue weighted by atomic mass is 16.6. The zero-order chi connectivity index (χ0) is 29.0. The van der Waals surface area contributed by atoms with Crippen molar-refractivity contribution in [3.8, 4) is 11.4 Å². The molecule has 0 unspecified atom stereocenters. The first-order chi connectivity index (χ1) is 18.9. The minimum atomic E-state index is -0.597. The van der Waals surface area contributed by atoms with E-state index in [4.69, 9.17) is 14.5 Å². The van der Waals surface area contributed by atoms with Crippen molar-refractivity contribution in [2.45, 2.75) is 52.8 Å². The molecular weight excluding hydrogens is 508 g/mol. The van der Waals surface area contributed by atoms with Crippen LogP contribution in [0.1, 0.15) is 71.1 Å². The van der Waals surface area contributed by atoms with Gasteiger partial charge in [0.2, 0.25) is 0 Å². The Kier molecular flexibility index (Phi) is 8.23. The number of rotatable bonds is 7. The van der Waals surface area contributed by atoms with Gasteiger partial charge in [-0.1, -0.05) is 30.3 Å². The van der Waals surface area contributed by atoms with Crippen molar-refractivity contribution in [2.75, 3.05) is 7.11 Å². The van der Waals surface area contributed by atoms with Crippen LogP contribution in [0.25, 0.3) is 22.3 Å². The number of hydrogen-bond acceptors (Lipinski definition) is 6. The number of fused-ring (bicyclic) bond motifs is 1. The number of nitrogens with zero attached hydrogens (tertiary/aromatic N) is 1. The van der Waals surface area contributed by atoms with Crippen LogP contribution in [0.5, 0.6) is 0 Å². The van der Waals surface area contributed by atoms with Gasteiger partial charge in [0.05, 0.1) is 35.6 Å². The number of esters is 1. The Hall–Kier alpha value is -4.66. The van der Waals surface area contributed by atoms with E-state index in [0.29, 0.717) is 22.5 Å². The van der Waals surface area contributed by atoms with Gasteiger partial charge in [0.15, 0.2) is 0 Å². The van der Waals surface area contributed by atoms with E-state index >= 15 is 0 Å². The van der Waals surface area contributed by atoms with Crippen LogP contribution >= 0.6 is 0 Å². The number of aromatic amines is 1. The maximum absolute atomic E-state index is 13.4. The minimum Gasteiger partial charge on any atom is -0.465 e. The minimum absolute atomic E-state index is 0.229. The zero-order valence-corrected chi connectivity index (χ0v) is 23.5. The number of pyridine rings is 1. The summed E-state index contributed by atoms with van der Waals surface area (Å²) in [5.74, 6) is -0.678. The summed E-state index contributed by atoms with van der Waals surface area (Å²) in [5.41, 5.74) is 4.84. The number of amides is 2. The Morgan fingerprint density at radius 1 is 1.05 bits per heavy atom. The predicted molar refractivity (Wildman–Crippen MR) is 153 cm³/mol. The summed E-state index contributed by atoms with van der Waals surface area (Å²) in [4.78, 5) is 45.3. The number of methoxy groups -OCH3 is 1. The third-order valence-corrected chi connectivity index (χ3v) is 6.32. The molecule has 0 aliphatic carbocycles. The maximum Gasteiger partial charge on any atom is 0.407 e. The van der Waals surface area contributed by atoms with Crippen LogP contribution in [0.2, 0.25) is 0 Å². The lowest BCUT2D eigenvalue weighted by molar-refractivity contribution is 0.0522. The number of nitrogens with one attached hydrogen (secondary N) is 3. The fraction of sp³-hybridized carbons (Fsp3) is 0.290. The monoisotopic (exact) mass is 542 g/mol. The summed E-state index contributed by atoms with van der Waals surface area (Å²) in [5, 5.41) is 6.76. The number of H-pyrrole nitrogens is 1. The summed E-state index contributed by atoms with van der Waals surface area (Å²) in [6.45, 7) is 9.42. The molecule has 3 N–H and O–H groups in total. The summed E-state index contributed by atoms with van der Waals surface area (Å²) in [6.07, 6.45) is 1.06. The quantitative estimate of drug-likeness (QED) is 0.252. The molecule has 0 saturated carbocycles. The average molecular weight is 543 g/mol. The summed E-state index contributed by atoms with van der Waals surface area (Å²) in [7, 11) is 1.33. The molecule has 9 heteroatoms. The number of carbonyl (C=O) groups is 3. The molecule has 1 atom stereocenters. The van der Waals surface area contributed by atoms with Crippen molar-refractivity contribution in [3.05, 3.63) is 88.6 Å². The van der Waals surface area contributed by atoms with Crippen LogP contribution in [0.4, 0.5) is 4.79 Å². The molecular formula is C31H34N4O5. The SMILES string of the molecule is COC(=O)c1c[nH]c(-c2cc([C@@H](C)NC(=O)c3cc(CNC(=O)OC(C)(C)C)ccc3C)c3ccccc3n2)c1. The molecule has 0 aliphatic rings. The average Bonchev–Trinajstić information content (AvgIpc) is 3.41. The molecule has 0 spiro atoms. The Labute approximate surface area is 233 Å². The number of ether oxygens (including phenoxy) is 2. The Balaban J connectivity index is 1.57. The highest BCUT2D eigenvalue weighted by molar-refractivity contribution is 5.97. The molecule has 9 nitrogen and oxygen atoms in total. The molecule has 2 aromatic heterocycles. The van der Waals surface area contributed by atoms with Gasteiger partial charge in [-0.3, -0.25) is 4.79 Å². The Bertz CT molecular complexity index is 1570. The number of benzene rings is 2.